The Bertz CT molecular complexity index is 674. The Hall–Kier alpha value is -2.57. The number of anilines is 3. The van der Waals surface area contributed by atoms with Gasteiger partial charge in [0, 0.05) is 6.42 Å². The topological polar surface area (TPSA) is 54.0 Å². The van der Waals surface area contributed by atoms with Crippen LogP contribution < -0.4 is 10.6 Å². The Kier molecular flexibility index (Phi) is 4.98. The van der Waals surface area contributed by atoms with Crippen molar-refractivity contribution < 1.29 is 18.0 Å². The van der Waals surface area contributed by atoms with E-state index in [1.165, 1.54) is 12.3 Å². The Labute approximate surface area is 125 Å². The van der Waals surface area contributed by atoms with Gasteiger partial charge >= 0.3 is 0 Å². The van der Waals surface area contributed by atoms with Gasteiger partial charge < -0.3 is 10.6 Å². The molecule has 0 aliphatic carbocycles. The molecule has 0 aliphatic heterocycles. The van der Waals surface area contributed by atoms with Gasteiger partial charge in [-0.05, 0) is 30.7 Å². The van der Waals surface area contributed by atoms with Gasteiger partial charge in [0.15, 0.2) is 17.5 Å². The van der Waals surface area contributed by atoms with E-state index in [0.29, 0.717) is 12.1 Å². The summed E-state index contributed by atoms with van der Waals surface area (Å²) in [5, 5.41) is 5.19. The van der Waals surface area contributed by atoms with Gasteiger partial charge in [-0.25, -0.2) is 18.2 Å². The van der Waals surface area contributed by atoms with Crippen molar-refractivity contribution >= 4 is 23.1 Å². The first-order valence-corrected chi connectivity index (χ1v) is 6.67. The number of pyridine rings is 1. The first kappa shape index (κ1) is 15.8. The summed E-state index contributed by atoms with van der Waals surface area (Å²) in [6.07, 6.45) is 2.52. The first-order chi connectivity index (χ1) is 10.5. The number of nitrogens with zero attached hydrogens (tertiary/aromatic N) is 1. The summed E-state index contributed by atoms with van der Waals surface area (Å²) in [4.78, 5) is 15.4. The lowest BCUT2D eigenvalue weighted by molar-refractivity contribution is -0.116. The average Bonchev–Trinajstić information content (AvgIpc) is 2.50. The molecule has 0 saturated heterocycles. The van der Waals surface area contributed by atoms with E-state index in [-0.39, 0.29) is 17.4 Å². The van der Waals surface area contributed by atoms with Crippen molar-refractivity contribution in [2.24, 2.45) is 0 Å². The van der Waals surface area contributed by atoms with E-state index in [0.717, 1.165) is 18.6 Å². The third-order valence-corrected chi connectivity index (χ3v) is 2.82. The Morgan fingerprint density at radius 1 is 1.14 bits per heavy atom. The summed E-state index contributed by atoms with van der Waals surface area (Å²) in [5.41, 5.74) is 0.268. The molecule has 1 aromatic heterocycles. The van der Waals surface area contributed by atoms with Gasteiger partial charge in [-0.15, -0.1) is 0 Å². The predicted molar refractivity (Wildman–Crippen MR) is 77.4 cm³/mol. The molecular formula is C15H14F3N3O. The molecule has 22 heavy (non-hydrogen) atoms. The van der Waals surface area contributed by atoms with Crippen LogP contribution >= 0.6 is 0 Å². The zero-order valence-electron chi connectivity index (χ0n) is 11.8. The molecule has 0 aliphatic rings. The summed E-state index contributed by atoms with van der Waals surface area (Å²) in [6, 6.07) is 4.95. The molecule has 0 bridgehead atoms. The first-order valence-electron chi connectivity index (χ1n) is 6.67. The second-order valence-corrected chi connectivity index (χ2v) is 4.58. The summed E-state index contributed by atoms with van der Waals surface area (Å²) in [6.45, 7) is 1.89. The molecule has 0 spiro atoms. The highest BCUT2D eigenvalue weighted by molar-refractivity contribution is 5.90. The third kappa shape index (κ3) is 3.75. The predicted octanol–water partition coefficient (Wildman–Crippen LogP) is 3.98. The van der Waals surface area contributed by atoms with Gasteiger partial charge in [-0.1, -0.05) is 6.92 Å². The monoisotopic (exact) mass is 309 g/mol. The molecule has 2 N–H and O–H groups in total. The van der Waals surface area contributed by atoms with Gasteiger partial charge in [0.05, 0.1) is 17.6 Å². The van der Waals surface area contributed by atoms with Crippen molar-refractivity contribution in [3.05, 3.63) is 47.9 Å². The molecule has 2 rings (SSSR count). The minimum Gasteiger partial charge on any atom is -0.338 e. The fourth-order valence-electron chi connectivity index (χ4n) is 1.75. The van der Waals surface area contributed by atoms with Gasteiger partial charge in [0.2, 0.25) is 5.91 Å². The lowest BCUT2D eigenvalue weighted by Gasteiger charge is -2.09. The zero-order valence-corrected chi connectivity index (χ0v) is 11.8. The fourth-order valence-corrected chi connectivity index (χ4v) is 1.75. The summed E-state index contributed by atoms with van der Waals surface area (Å²) < 4.78 is 39.5. The highest BCUT2D eigenvalue weighted by atomic mass is 19.2. The van der Waals surface area contributed by atoms with E-state index < -0.39 is 17.5 Å². The Morgan fingerprint density at radius 3 is 2.55 bits per heavy atom. The normalized spacial score (nSPS) is 10.4. The summed E-state index contributed by atoms with van der Waals surface area (Å²) in [7, 11) is 0. The second kappa shape index (κ2) is 6.93. The number of benzene rings is 1. The number of hydrogen-bond donors (Lipinski definition) is 2. The number of halogens is 3. The maximum absolute atomic E-state index is 13.5. The lowest BCUT2D eigenvalue weighted by Crippen LogP contribution is -2.10. The minimum atomic E-state index is -1.55. The number of carbonyl (C=O) groups is 1. The van der Waals surface area contributed by atoms with Gasteiger partial charge in [0.25, 0.3) is 0 Å². The fraction of sp³-hybridized carbons (Fsp3) is 0.200. The van der Waals surface area contributed by atoms with Crippen molar-refractivity contribution in [2.45, 2.75) is 19.8 Å². The molecule has 0 saturated carbocycles. The molecule has 7 heteroatoms. The summed E-state index contributed by atoms with van der Waals surface area (Å²) in [5.74, 6) is -4.02. The highest BCUT2D eigenvalue weighted by Crippen LogP contribution is 2.23. The largest absolute Gasteiger partial charge is 0.338 e. The maximum atomic E-state index is 13.5. The number of aromatic nitrogens is 1. The minimum absolute atomic E-state index is 0.128. The molecule has 1 aromatic carbocycles. The standard InChI is InChI=1S/C15H14F3N3O/c1-2-3-13(22)20-9-4-7-12(19-8-9)21-11-6-5-10(16)14(17)15(11)18/h4-8H,2-3H2,1H3,(H,19,21)(H,20,22). The zero-order chi connectivity index (χ0) is 16.1. The van der Waals surface area contributed by atoms with Crippen LogP contribution in [0, 0.1) is 17.5 Å². The number of amides is 1. The van der Waals surface area contributed by atoms with Crippen LogP contribution in [-0.2, 0) is 4.79 Å². The second-order valence-electron chi connectivity index (χ2n) is 4.58. The van der Waals surface area contributed by atoms with Crippen LogP contribution in [0.25, 0.3) is 0 Å². The van der Waals surface area contributed by atoms with Gasteiger partial charge in [-0.3, -0.25) is 4.79 Å². The quantitative estimate of drug-likeness (QED) is 0.821. The average molecular weight is 309 g/mol. The van der Waals surface area contributed by atoms with E-state index in [2.05, 4.69) is 15.6 Å². The van der Waals surface area contributed by atoms with Crippen molar-refractivity contribution in [2.75, 3.05) is 10.6 Å². The molecule has 0 atom stereocenters. The van der Waals surface area contributed by atoms with E-state index in [1.54, 1.807) is 6.07 Å². The molecule has 0 radical (unpaired) electrons. The van der Waals surface area contributed by atoms with Crippen LogP contribution in [0.15, 0.2) is 30.5 Å². The number of hydrogen-bond acceptors (Lipinski definition) is 3. The van der Waals surface area contributed by atoms with Crippen LogP contribution in [0.1, 0.15) is 19.8 Å². The van der Waals surface area contributed by atoms with Gasteiger partial charge in [-0.2, -0.15) is 0 Å². The van der Waals surface area contributed by atoms with E-state index in [4.69, 9.17) is 0 Å². The molecule has 1 heterocycles. The summed E-state index contributed by atoms with van der Waals surface area (Å²) >= 11 is 0. The van der Waals surface area contributed by atoms with Crippen molar-refractivity contribution in [1.82, 2.24) is 4.98 Å². The van der Waals surface area contributed by atoms with Crippen LogP contribution in [0.2, 0.25) is 0 Å². The number of carbonyl (C=O) groups excluding carboxylic acids is 1. The smallest absolute Gasteiger partial charge is 0.224 e. The molecule has 2 aromatic rings. The van der Waals surface area contributed by atoms with Crippen LogP contribution in [0.3, 0.4) is 0 Å². The van der Waals surface area contributed by atoms with E-state index in [9.17, 15) is 18.0 Å². The van der Waals surface area contributed by atoms with Crippen molar-refractivity contribution in [1.29, 1.82) is 0 Å². The number of rotatable bonds is 5. The molecule has 0 unspecified atom stereocenters. The molecular weight excluding hydrogens is 295 g/mol. The molecule has 0 fully saturated rings. The van der Waals surface area contributed by atoms with Crippen LogP contribution in [-0.4, -0.2) is 10.9 Å². The molecule has 4 nitrogen and oxygen atoms in total. The van der Waals surface area contributed by atoms with Crippen LogP contribution in [0.5, 0.6) is 0 Å². The number of nitrogens with one attached hydrogen (secondary N) is 2. The SMILES string of the molecule is CCCC(=O)Nc1ccc(Nc2ccc(F)c(F)c2F)nc1. The Morgan fingerprint density at radius 2 is 1.91 bits per heavy atom. The van der Waals surface area contributed by atoms with E-state index >= 15 is 0 Å². The van der Waals surface area contributed by atoms with Crippen molar-refractivity contribution in [3.63, 3.8) is 0 Å². The Balaban J connectivity index is 2.09. The van der Waals surface area contributed by atoms with Gasteiger partial charge in [0.1, 0.15) is 5.82 Å². The third-order valence-electron chi connectivity index (χ3n) is 2.82. The highest BCUT2D eigenvalue weighted by Gasteiger charge is 2.13. The molecule has 1 amide bonds. The maximum Gasteiger partial charge on any atom is 0.224 e. The lowest BCUT2D eigenvalue weighted by atomic mass is 10.2. The van der Waals surface area contributed by atoms with Crippen LogP contribution in [0.4, 0.5) is 30.4 Å². The van der Waals surface area contributed by atoms with Crippen molar-refractivity contribution in [3.8, 4) is 0 Å². The van der Waals surface area contributed by atoms with E-state index in [1.807, 2.05) is 6.92 Å². The molecule has 116 valence electrons.